The van der Waals surface area contributed by atoms with Crippen LogP contribution in [0.4, 0.5) is 4.79 Å². The Labute approximate surface area is 85.6 Å². The molecule has 5 nitrogen and oxygen atoms in total. The standard InChI is InChI=1S/C8H11NO4S/c1-4-12-8(10)13-7-6(11-3)9-5(2)14-7/h4H2,1-3H3. The summed E-state index contributed by atoms with van der Waals surface area (Å²) in [7, 11) is 1.46. The van der Waals surface area contributed by atoms with Gasteiger partial charge in [-0.05, 0) is 13.8 Å². The van der Waals surface area contributed by atoms with E-state index in [2.05, 4.69) is 9.72 Å². The van der Waals surface area contributed by atoms with Gasteiger partial charge in [-0.2, -0.15) is 0 Å². The van der Waals surface area contributed by atoms with Gasteiger partial charge in [0, 0.05) is 0 Å². The number of nitrogens with zero attached hydrogens (tertiary/aromatic N) is 1. The molecule has 0 atom stereocenters. The molecule has 0 radical (unpaired) electrons. The number of rotatable bonds is 3. The zero-order chi connectivity index (χ0) is 10.6. The van der Waals surface area contributed by atoms with Gasteiger partial charge in [0.05, 0.1) is 18.7 Å². The highest BCUT2D eigenvalue weighted by Crippen LogP contribution is 2.33. The molecule has 0 aliphatic rings. The number of hydrogen-bond donors (Lipinski definition) is 0. The molecular weight excluding hydrogens is 206 g/mol. The summed E-state index contributed by atoms with van der Waals surface area (Å²) in [5.74, 6) is 0.306. The predicted molar refractivity (Wildman–Crippen MR) is 51.1 cm³/mol. The molecule has 14 heavy (non-hydrogen) atoms. The summed E-state index contributed by atoms with van der Waals surface area (Å²) in [6.07, 6.45) is -0.741. The zero-order valence-electron chi connectivity index (χ0n) is 8.20. The second-order valence-electron chi connectivity index (χ2n) is 2.31. The summed E-state index contributed by atoms with van der Waals surface area (Å²) in [5.41, 5.74) is 0. The Morgan fingerprint density at radius 3 is 2.86 bits per heavy atom. The van der Waals surface area contributed by atoms with E-state index in [1.54, 1.807) is 13.8 Å². The number of aryl methyl sites for hydroxylation is 1. The summed E-state index contributed by atoms with van der Waals surface area (Å²) in [6, 6.07) is 0. The molecule has 78 valence electrons. The molecule has 1 rings (SSSR count). The first-order chi connectivity index (χ1) is 6.67. The van der Waals surface area contributed by atoms with Gasteiger partial charge in [0.1, 0.15) is 0 Å². The van der Waals surface area contributed by atoms with Crippen LogP contribution in [0.25, 0.3) is 0 Å². The Morgan fingerprint density at radius 2 is 2.29 bits per heavy atom. The Morgan fingerprint density at radius 1 is 1.57 bits per heavy atom. The minimum atomic E-state index is -0.741. The molecule has 0 amide bonds. The van der Waals surface area contributed by atoms with Crippen LogP contribution in [0.15, 0.2) is 0 Å². The number of carbonyl (C=O) groups excluding carboxylic acids is 1. The normalized spacial score (nSPS) is 9.64. The molecule has 0 bridgehead atoms. The second kappa shape index (κ2) is 4.80. The second-order valence-corrected chi connectivity index (χ2v) is 3.48. The van der Waals surface area contributed by atoms with Gasteiger partial charge in [-0.15, -0.1) is 0 Å². The van der Waals surface area contributed by atoms with Crippen LogP contribution >= 0.6 is 11.3 Å². The number of thiazole rings is 1. The van der Waals surface area contributed by atoms with Crippen LogP contribution < -0.4 is 9.47 Å². The molecule has 0 unspecified atom stereocenters. The molecule has 0 aliphatic heterocycles. The van der Waals surface area contributed by atoms with Gasteiger partial charge in [0.25, 0.3) is 10.9 Å². The third-order valence-corrected chi connectivity index (χ3v) is 2.14. The zero-order valence-corrected chi connectivity index (χ0v) is 9.01. The van der Waals surface area contributed by atoms with E-state index in [4.69, 9.17) is 9.47 Å². The van der Waals surface area contributed by atoms with E-state index >= 15 is 0 Å². The molecule has 0 aromatic carbocycles. The van der Waals surface area contributed by atoms with Crippen molar-refractivity contribution in [2.24, 2.45) is 0 Å². The summed E-state index contributed by atoms with van der Waals surface area (Å²) in [4.78, 5) is 15.0. The van der Waals surface area contributed by atoms with Crippen molar-refractivity contribution in [2.45, 2.75) is 13.8 Å². The number of methoxy groups -OCH3 is 1. The number of ether oxygens (including phenoxy) is 3. The van der Waals surface area contributed by atoms with Crippen LogP contribution in [-0.4, -0.2) is 24.9 Å². The highest BCUT2D eigenvalue weighted by molar-refractivity contribution is 7.13. The van der Waals surface area contributed by atoms with E-state index in [0.717, 1.165) is 5.01 Å². The molecule has 1 heterocycles. The minimum absolute atomic E-state index is 0.277. The van der Waals surface area contributed by atoms with E-state index in [1.165, 1.54) is 18.4 Å². The first-order valence-electron chi connectivity index (χ1n) is 4.03. The molecule has 0 saturated heterocycles. The summed E-state index contributed by atoms with van der Waals surface area (Å²) < 4.78 is 14.4. The lowest BCUT2D eigenvalue weighted by molar-refractivity contribution is 0.104. The maximum Gasteiger partial charge on any atom is 0.514 e. The van der Waals surface area contributed by atoms with Crippen molar-refractivity contribution < 1.29 is 19.0 Å². The van der Waals surface area contributed by atoms with E-state index in [9.17, 15) is 4.79 Å². The van der Waals surface area contributed by atoms with Gasteiger partial charge >= 0.3 is 6.16 Å². The average molecular weight is 217 g/mol. The number of carbonyl (C=O) groups is 1. The van der Waals surface area contributed by atoms with Crippen LogP contribution in [0.1, 0.15) is 11.9 Å². The van der Waals surface area contributed by atoms with E-state index < -0.39 is 6.16 Å². The third kappa shape index (κ3) is 2.59. The van der Waals surface area contributed by atoms with Gasteiger partial charge in [-0.25, -0.2) is 9.78 Å². The Hall–Kier alpha value is -1.30. The van der Waals surface area contributed by atoms with Crippen molar-refractivity contribution in [1.29, 1.82) is 0 Å². The first kappa shape index (κ1) is 10.8. The lowest BCUT2D eigenvalue weighted by Crippen LogP contribution is -2.09. The third-order valence-electron chi connectivity index (χ3n) is 1.31. The molecule has 0 fully saturated rings. The molecule has 0 aliphatic carbocycles. The molecule has 0 spiro atoms. The Kier molecular flexibility index (Phi) is 3.70. The average Bonchev–Trinajstić information content (AvgIpc) is 2.46. The van der Waals surface area contributed by atoms with Gasteiger partial charge < -0.3 is 14.2 Å². The molecule has 0 saturated carbocycles. The SMILES string of the molecule is CCOC(=O)Oc1sc(C)nc1OC. The molecule has 0 N–H and O–H groups in total. The lowest BCUT2D eigenvalue weighted by Gasteiger charge is -2.01. The minimum Gasteiger partial charge on any atom is -0.478 e. The summed E-state index contributed by atoms with van der Waals surface area (Å²) >= 11 is 1.23. The monoisotopic (exact) mass is 217 g/mol. The van der Waals surface area contributed by atoms with E-state index in [-0.39, 0.29) is 6.61 Å². The fraction of sp³-hybridized carbons (Fsp3) is 0.500. The highest BCUT2D eigenvalue weighted by atomic mass is 32.1. The van der Waals surface area contributed by atoms with Crippen molar-refractivity contribution >= 4 is 17.5 Å². The summed E-state index contributed by atoms with van der Waals surface area (Å²) in [6.45, 7) is 3.78. The van der Waals surface area contributed by atoms with Crippen molar-refractivity contribution in [3.63, 3.8) is 0 Å². The van der Waals surface area contributed by atoms with E-state index in [0.29, 0.717) is 10.9 Å². The quantitative estimate of drug-likeness (QED) is 0.725. The van der Waals surface area contributed by atoms with Crippen LogP contribution in [0.2, 0.25) is 0 Å². The smallest absolute Gasteiger partial charge is 0.478 e. The maximum atomic E-state index is 11.0. The molecule has 1 aromatic rings. The van der Waals surface area contributed by atoms with Crippen LogP contribution in [0.5, 0.6) is 10.9 Å². The molecule has 1 aromatic heterocycles. The first-order valence-corrected chi connectivity index (χ1v) is 4.85. The number of aromatic nitrogens is 1. The lowest BCUT2D eigenvalue weighted by atomic mass is 10.8. The van der Waals surface area contributed by atoms with Crippen molar-refractivity contribution in [3.8, 4) is 10.9 Å². The largest absolute Gasteiger partial charge is 0.514 e. The van der Waals surface area contributed by atoms with Crippen LogP contribution in [0, 0.1) is 6.92 Å². The van der Waals surface area contributed by atoms with Gasteiger partial charge in [0.2, 0.25) is 0 Å². The predicted octanol–water partition coefficient (Wildman–Crippen LogP) is 2.00. The number of hydrogen-bond acceptors (Lipinski definition) is 6. The van der Waals surface area contributed by atoms with Crippen molar-refractivity contribution in [3.05, 3.63) is 5.01 Å². The van der Waals surface area contributed by atoms with Crippen LogP contribution in [-0.2, 0) is 4.74 Å². The van der Waals surface area contributed by atoms with Crippen molar-refractivity contribution in [1.82, 2.24) is 4.98 Å². The van der Waals surface area contributed by atoms with Gasteiger partial charge in [-0.1, -0.05) is 11.3 Å². The van der Waals surface area contributed by atoms with Crippen LogP contribution in [0.3, 0.4) is 0 Å². The highest BCUT2D eigenvalue weighted by Gasteiger charge is 2.15. The van der Waals surface area contributed by atoms with Crippen molar-refractivity contribution in [2.75, 3.05) is 13.7 Å². The fourth-order valence-corrected chi connectivity index (χ4v) is 1.53. The molecule has 6 heteroatoms. The Bertz CT molecular complexity index is 323. The topological polar surface area (TPSA) is 57.7 Å². The fourth-order valence-electron chi connectivity index (χ4n) is 0.806. The Balaban J connectivity index is 2.70. The van der Waals surface area contributed by atoms with E-state index in [1.807, 2.05) is 0 Å². The maximum absolute atomic E-state index is 11.0. The summed E-state index contributed by atoms with van der Waals surface area (Å²) in [5, 5.41) is 1.09. The van der Waals surface area contributed by atoms with Gasteiger partial charge in [-0.3, -0.25) is 0 Å². The van der Waals surface area contributed by atoms with Gasteiger partial charge in [0.15, 0.2) is 0 Å². The molecular formula is C8H11NO4S.